The van der Waals surface area contributed by atoms with Crippen LogP contribution in [0.5, 0.6) is 0 Å². The van der Waals surface area contributed by atoms with Crippen LogP contribution in [0.15, 0.2) is 83.9 Å². The SMILES string of the molecule is O=C(Nc1cnc2c(C(=O)N3CCN(c4ccccc4)CC3)cccn2c1=O)c1ccc(F)cc1. The maximum Gasteiger partial charge on any atom is 0.281 e. The van der Waals surface area contributed by atoms with E-state index in [2.05, 4.69) is 15.2 Å². The summed E-state index contributed by atoms with van der Waals surface area (Å²) in [5, 5.41) is 2.51. The monoisotopic (exact) mass is 471 g/mol. The van der Waals surface area contributed by atoms with Crippen LogP contribution >= 0.6 is 0 Å². The number of halogens is 1. The first-order valence-corrected chi connectivity index (χ1v) is 11.2. The third kappa shape index (κ3) is 4.48. The second-order valence-corrected chi connectivity index (χ2v) is 8.17. The third-order valence-corrected chi connectivity index (χ3v) is 6.01. The van der Waals surface area contributed by atoms with Gasteiger partial charge in [-0.2, -0.15) is 0 Å². The van der Waals surface area contributed by atoms with Crippen LogP contribution < -0.4 is 15.8 Å². The Morgan fingerprint density at radius 3 is 2.31 bits per heavy atom. The molecule has 1 fully saturated rings. The zero-order valence-corrected chi connectivity index (χ0v) is 18.7. The Labute approximate surface area is 200 Å². The van der Waals surface area contributed by atoms with Gasteiger partial charge in [-0.3, -0.25) is 18.8 Å². The van der Waals surface area contributed by atoms with Crippen molar-refractivity contribution in [1.82, 2.24) is 14.3 Å². The quantitative estimate of drug-likeness (QED) is 0.495. The van der Waals surface area contributed by atoms with Crippen molar-refractivity contribution in [2.45, 2.75) is 0 Å². The van der Waals surface area contributed by atoms with Gasteiger partial charge in [0.05, 0.1) is 11.8 Å². The molecule has 1 N–H and O–H groups in total. The zero-order valence-electron chi connectivity index (χ0n) is 18.7. The van der Waals surface area contributed by atoms with Crippen molar-refractivity contribution < 1.29 is 14.0 Å². The summed E-state index contributed by atoms with van der Waals surface area (Å²) in [6, 6.07) is 18.3. The summed E-state index contributed by atoms with van der Waals surface area (Å²) in [4.78, 5) is 47.1. The van der Waals surface area contributed by atoms with Crippen LogP contribution in [0.2, 0.25) is 0 Å². The number of piperazine rings is 1. The molecule has 4 aromatic rings. The van der Waals surface area contributed by atoms with E-state index in [1.807, 2.05) is 30.3 Å². The molecule has 35 heavy (non-hydrogen) atoms. The van der Waals surface area contributed by atoms with Gasteiger partial charge in [0.2, 0.25) is 0 Å². The average molecular weight is 471 g/mol. The van der Waals surface area contributed by atoms with Crippen LogP contribution in [0, 0.1) is 5.82 Å². The minimum Gasteiger partial charge on any atom is -0.368 e. The highest BCUT2D eigenvalue weighted by molar-refractivity contribution is 6.04. The van der Waals surface area contributed by atoms with Gasteiger partial charge in [-0.05, 0) is 48.5 Å². The number of anilines is 2. The van der Waals surface area contributed by atoms with Gasteiger partial charge in [0.1, 0.15) is 11.5 Å². The number of pyridine rings is 1. The standard InChI is InChI=1S/C26H22FN5O3/c27-19-10-8-18(9-11-19)24(33)29-22-17-28-23-21(7-4-12-32(23)26(22)35)25(34)31-15-13-30(14-16-31)20-5-2-1-3-6-20/h1-12,17H,13-16H2,(H,29,33). The molecule has 2 aromatic heterocycles. The summed E-state index contributed by atoms with van der Waals surface area (Å²) in [5.41, 5.74) is 1.29. The Kier molecular flexibility index (Phi) is 5.97. The first kappa shape index (κ1) is 22.3. The van der Waals surface area contributed by atoms with Crippen LogP contribution in [-0.4, -0.2) is 52.3 Å². The van der Waals surface area contributed by atoms with E-state index in [0.717, 1.165) is 17.8 Å². The van der Waals surface area contributed by atoms with Gasteiger partial charge in [-0.25, -0.2) is 9.37 Å². The third-order valence-electron chi connectivity index (χ3n) is 6.01. The minimum atomic E-state index is -0.563. The molecule has 0 unspecified atom stereocenters. The fourth-order valence-corrected chi connectivity index (χ4v) is 4.13. The molecule has 0 bridgehead atoms. The Balaban J connectivity index is 1.35. The van der Waals surface area contributed by atoms with Gasteiger partial charge in [0.15, 0.2) is 5.65 Å². The molecule has 0 atom stereocenters. The lowest BCUT2D eigenvalue weighted by atomic mass is 10.2. The van der Waals surface area contributed by atoms with E-state index in [1.165, 1.54) is 28.9 Å². The first-order chi connectivity index (χ1) is 17.0. The van der Waals surface area contributed by atoms with Crippen molar-refractivity contribution in [1.29, 1.82) is 0 Å². The van der Waals surface area contributed by atoms with E-state index < -0.39 is 17.3 Å². The predicted octanol–water partition coefficient (Wildman–Crippen LogP) is 3.05. The Morgan fingerprint density at radius 1 is 0.886 bits per heavy atom. The number of amides is 2. The molecule has 5 rings (SSSR count). The average Bonchev–Trinajstić information content (AvgIpc) is 2.90. The number of carbonyl (C=O) groups excluding carboxylic acids is 2. The lowest BCUT2D eigenvalue weighted by Crippen LogP contribution is -2.49. The second kappa shape index (κ2) is 9.38. The number of benzene rings is 2. The van der Waals surface area contributed by atoms with Crippen molar-refractivity contribution in [3.8, 4) is 0 Å². The molecular weight excluding hydrogens is 449 g/mol. The molecule has 0 aliphatic carbocycles. The highest BCUT2D eigenvalue weighted by Crippen LogP contribution is 2.18. The number of hydrogen-bond donors (Lipinski definition) is 1. The van der Waals surface area contributed by atoms with Crippen LogP contribution in [0.25, 0.3) is 5.65 Å². The fourth-order valence-electron chi connectivity index (χ4n) is 4.13. The van der Waals surface area contributed by atoms with Gasteiger partial charge < -0.3 is 15.1 Å². The molecule has 0 spiro atoms. The molecule has 0 radical (unpaired) electrons. The fraction of sp³-hybridized carbons (Fsp3) is 0.154. The number of nitrogens with zero attached hydrogens (tertiary/aromatic N) is 4. The van der Waals surface area contributed by atoms with E-state index >= 15 is 0 Å². The molecule has 2 aromatic carbocycles. The lowest BCUT2D eigenvalue weighted by Gasteiger charge is -2.36. The van der Waals surface area contributed by atoms with Crippen LogP contribution in [0.4, 0.5) is 15.8 Å². The van der Waals surface area contributed by atoms with E-state index in [4.69, 9.17) is 0 Å². The largest absolute Gasteiger partial charge is 0.368 e. The zero-order chi connectivity index (χ0) is 24.4. The summed E-state index contributed by atoms with van der Waals surface area (Å²) in [5.74, 6) is -1.23. The maximum absolute atomic E-state index is 13.3. The first-order valence-electron chi connectivity index (χ1n) is 11.2. The van der Waals surface area contributed by atoms with Crippen molar-refractivity contribution in [3.63, 3.8) is 0 Å². The molecule has 9 heteroatoms. The second-order valence-electron chi connectivity index (χ2n) is 8.17. The number of fused-ring (bicyclic) bond motifs is 1. The molecule has 1 aliphatic heterocycles. The summed E-state index contributed by atoms with van der Waals surface area (Å²) in [6.45, 7) is 2.50. The normalized spacial score (nSPS) is 13.6. The Morgan fingerprint density at radius 2 is 1.60 bits per heavy atom. The molecule has 3 heterocycles. The van der Waals surface area contributed by atoms with E-state index in [1.54, 1.807) is 17.0 Å². The van der Waals surface area contributed by atoms with Gasteiger partial charge >= 0.3 is 0 Å². The molecule has 176 valence electrons. The Hall–Kier alpha value is -4.53. The highest BCUT2D eigenvalue weighted by atomic mass is 19.1. The summed E-state index contributed by atoms with van der Waals surface area (Å²) in [7, 11) is 0. The number of aromatic nitrogens is 2. The van der Waals surface area contributed by atoms with Crippen molar-refractivity contribution >= 4 is 28.8 Å². The molecule has 1 saturated heterocycles. The predicted molar refractivity (Wildman–Crippen MR) is 130 cm³/mol. The van der Waals surface area contributed by atoms with Crippen LogP contribution in [0.3, 0.4) is 0 Å². The van der Waals surface area contributed by atoms with Gasteiger partial charge in [0, 0.05) is 43.6 Å². The molecular formula is C26H22FN5O3. The summed E-state index contributed by atoms with van der Waals surface area (Å²) >= 11 is 0. The number of carbonyl (C=O) groups is 2. The van der Waals surface area contributed by atoms with Gasteiger partial charge in [-0.1, -0.05) is 18.2 Å². The number of rotatable bonds is 4. The minimum absolute atomic E-state index is 0.0436. The number of hydrogen-bond acceptors (Lipinski definition) is 5. The van der Waals surface area contributed by atoms with Gasteiger partial charge in [0.25, 0.3) is 17.4 Å². The molecule has 0 saturated carbocycles. The van der Waals surface area contributed by atoms with E-state index in [9.17, 15) is 18.8 Å². The highest BCUT2D eigenvalue weighted by Gasteiger charge is 2.24. The van der Waals surface area contributed by atoms with Crippen molar-refractivity contribution in [2.24, 2.45) is 0 Å². The number of para-hydroxylation sites is 1. The summed E-state index contributed by atoms with van der Waals surface area (Å²) in [6.07, 6.45) is 2.74. The summed E-state index contributed by atoms with van der Waals surface area (Å²) < 4.78 is 14.4. The topological polar surface area (TPSA) is 87.0 Å². The van der Waals surface area contributed by atoms with Gasteiger partial charge in [-0.15, -0.1) is 0 Å². The van der Waals surface area contributed by atoms with Crippen LogP contribution in [0.1, 0.15) is 20.7 Å². The Bertz CT molecular complexity index is 1450. The van der Waals surface area contributed by atoms with E-state index in [-0.39, 0.29) is 22.8 Å². The molecule has 1 aliphatic rings. The molecule has 8 nitrogen and oxygen atoms in total. The van der Waals surface area contributed by atoms with E-state index in [0.29, 0.717) is 31.7 Å². The van der Waals surface area contributed by atoms with Crippen molar-refractivity contribution in [2.75, 3.05) is 36.4 Å². The number of nitrogens with one attached hydrogen (secondary N) is 1. The lowest BCUT2D eigenvalue weighted by molar-refractivity contribution is 0.0748. The smallest absolute Gasteiger partial charge is 0.281 e. The van der Waals surface area contributed by atoms with Crippen molar-refractivity contribution in [3.05, 3.63) is 106 Å². The molecule has 2 amide bonds. The maximum atomic E-state index is 13.3. The van der Waals surface area contributed by atoms with Crippen LogP contribution in [-0.2, 0) is 0 Å².